The molecule has 0 spiro atoms. The Kier molecular flexibility index (Phi) is 4.71. The van der Waals surface area contributed by atoms with Gasteiger partial charge in [0.05, 0.1) is 17.2 Å². The van der Waals surface area contributed by atoms with Crippen LogP contribution in [0.4, 0.5) is 5.69 Å². The van der Waals surface area contributed by atoms with Gasteiger partial charge in [-0.25, -0.2) is 0 Å². The molecule has 0 fully saturated rings. The number of nitrogens with zero attached hydrogens (tertiary/aromatic N) is 2. The average Bonchev–Trinajstić information content (AvgIpc) is 2.47. The van der Waals surface area contributed by atoms with Crippen LogP contribution in [0.15, 0.2) is 47.3 Å². The third-order valence-corrected chi connectivity index (χ3v) is 3.16. The molecule has 0 aliphatic carbocycles. The molecule has 0 saturated heterocycles. The van der Waals surface area contributed by atoms with Crippen LogP contribution in [0.25, 0.3) is 0 Å². The van der Waals surface area contributed by atoms with Crippen LogP contribution in [-0.2, 0) is 6.54 Å². The second-order valence-corrected chi connectivity index (χ2v) is 4.57. The summed E-state index contributed by atoms with van der Waals surface area (Å²) < 4.78 is 6.95. The number of hydrogen-bond donors (Lipinski definition) is 0. The van der Waals surface area contributed by atoms with Crippen molar-refractivity contribution in [3.05, 3.63) is 68.6 Å². The molecule has 2 rings (SSSR count). The Bertz CT molecular complexity index is 680. The molecule has 0 bridgehead atoms. The number of rotatable bonds is 6. The minimum absolute atomic E-state index is 0.0430. The Hall–Kier alpha value is -2.63. The summed E-state index contributed by atoms with van der Waals surface area (Å²) in [4.78, 5) is 22.2. The third kappa shape index (κ3) is 3.68. The number of nitro groups is 1. The molecule has 0 amide bonds. The fourth-order valence-corrected chi connectivity index (χ4v) is 2.06. The van der Waals surface area contributed by atoms with Crippen LogP contribution >= 0.6 is 0 Å². The van der Waals surface area contributed by atoms with E-state index in [0.29, 0.717) is 25.3 Å². The van der Waals surface area contributed by atoms with Gasteiger partial charge in [-0.05, 0) is 25.5 Å². The molecule has 6 heteroatoms. The topological polar surface area (TPSA) is 74.4 Å². The molecule has 0 aliphatic rings. The van der Waals surface area contributed by atoms with Crippen LogP contribution in [0.2, 0.25) is 0 Å². The highest BCUT2D eigenvalue weighted by Gasteiger charge is 2.14. The first kappa shape index (κ1) is 14.8. The van der Waals surface area contributed by atoms with E-state index in [2.05, 4.69) is 0 Å². The lowest BCUT2D eigenvalue weighted by Crippen LogP contribution is -2.23. The van der Waals surface area contributed by atoms with Crippen molar-refractivity contribution in [3.63, 3.8) is 0 Å². The second kappa shape index (κ2) is 6.69. The Balaban J connectivity index is 1.99. The lowest BCUT2D eigenvalue weighted by Gasteiger charge is -2.10. The second-order valence-electron chi connectivity index (χ2n) is 4.57. The van der Waals surface area contributed by atoms with E-state index in [4.69, 9.17) is 4.74 Å². The summed E-state index contributed by atoms with van der Waals surface area (Å²) in [5, 5.41) is 10.9. The first-order chi connectivity index (χ1) is 10.1. The molecule has 0 unspecified atom stereocenters. The SMILES string of the molecule is Cc1c([N+](=O)[O-])ccc(=O)n1CCCOc1ccccc1. The van der Waals surface area contributed by atoms with Crippen molar-refractivity contribution in [2.45, 2.75) is 19.9 Å². The number of ether oxygens (including phenoxy) is 1. The van der Waals surface area contributed by atoms with Gasteiger partial charge in [-0.15, -0.1) is 0 Å². The van der Waals surface area contributed by atoms with E-state index in [9.17, 15) is 14.9 Å². The molecule has 0 saturated carbocycles. The standard InChI is InChI=1S/C15H16N2O4/c1-12-14(17(19)20)8-9-15(18)16(12)10-5-11-21-13-6-3-2-4-7-13/h2-4,6-9H,5,10-11H2,1H3. The highest BCUT2D eigenvalue weighted by atomic mass is 16.6. The van der Waals surface area contributed by atoms with E-state index >= 15 is 0 Å². The highest BCUT2D eigenvalue weighted by Crippen LogP contribution is 2.15. The van der Waals surface area contributed by atoms with Crippen LogP contribution in [0.3, 0.4) is 0 Å². The minimum atomic E-state index is -0.480. The lowest BCUT2D eigenvalue weighted by atomic mass is 10.3. The summed E-state index contributed by atoms with van der Waals surface area (Å²) in [7, 11) is 0. The van der Waals surface area contributed by atoms with Crippen LogP contribution in [-0.4, -0.2) is 16.1 Å². The maximum absolute atomic E-state index is 11.8. The fourth-order valence-electron chi connectivity index (χ4n) is 2.06. The molecule has 2 aromatic rings. The first-order valence-corrected chi connectivity index (χ1v) is 6.62. The van der Waals surface area contributed by atoms with Crippen LogP contribution < -0.4 is 10.3 Å². The summed E-state index contributed by atoms with van der Waals surface area (Å²) in [5.74, 6) is 0.764. The van der Waals surface area contributed by atoms with Crippen molar-refractivity contribution in [2.24, 2.45) is 0 Å². The van der Waals surface area contributed by atoms with E-state index in [1.54, 1.807) is 6.92 Å². The Morgan fingerprint density at radius 3 is 2.57 bits per heavy atom. The average molecular weight is 288 g/mol. The quantitative estimate of drug-likeness (QED) is 0.465. The van der Waals surface area contributed by atoms with Crippen molar-refractivity contribution in [3.8, 4) is 5.75 Å². The predicted molar refractivity (Wildman–Crippen MR) is 78.6 cm³/mol. The van der Waals surface area contributed by atoms with Crippen LogP contribution in [0, 0.1) is 17.0 Å². The van der Waals surface area contributed by atoms with Gasteiger partial charge in [0.15, 0.2) is 0 Å². The van der Waals surface area contributed by atoms with E-state index in [1.165, 1.54) is 16.7 Å². The minimum Gasteiger partial charge on any atom is -0.494 e. The van der Waals surface area contributed by atoms with Gasteiger partial charge in [0.2, 0.25) is 0 Å². The van der Waals surface area contributed by atoms with Crippen LogP contribution in [0.1, 0.15) is 12.1 Å². The fraction of sp³-hybridized carbons (Fsp3) is 0.267. The summed E-state index contributed by atoms with van der Waals surface area (Å²) >= 11 is 0. The van der Waals surface area contributed by atoms with Crippen LogP contribution in [0.5, 0.6) is 5.75 Å². The van der Waals surface area contributed by atoms with Gasteiger partial charge in [-0.3, -0.25) is 14.9 Å². The monoisotopic (exact) mass is 288 g/mol. The zero-order chi connectivity index (χ0) is 15.2. The number of benzene rings is 1. The third-order valence-electron chi connectivity index (χ3n) is 3.16. The zero-order valence-electron chi connectivity index (χ0n) is 11.7. The van der Waals surface area contributed by atoms with E-state index in [1.807, 2.05) is 30.3 Å². The van der Waals surface area contributed by atoms with Crippen molar-refractivity contribution in [1.82, 2.24) is 4.57 Å². The zero-order valence-corrected chi connectivity index (χ0v) is 11.7. The molecule has 110 valence electrons. The van der Waals surface area contributed by atoms with Gasteiger partial charge in [0.1, 0.15) is 5.75 Å². The largest absolute Gasteiger partial charge is 0.494 e. The molecule has 1 heterocycles. The van der Waals surface area contributed by atoms with Crippen molar-refractivity contribution >= 4 is 5.69 Å². The van der Waals surface area contributed by atoms with Gasteiger partial charge in [0, 0.05) is 18.7 Å². The Morgan fingerprint density at radius 2 is 1.90 bits per heavy atom. The van der Waals surface area contributed by atoms with Gasteiger partial charge >= 0.3 is 0 Å². The smallest absolute Gasteiger partial charge is 0.288 e. The maximum atomic E-state index is 11.8. The lowest BCUT2D eigenvalue weighted by molar-refractivity contribution is -0.386. The summed E-state index contributed by atoms with van der Waals surface area (Å²) in [5.41, 5.74) is 0.0867. The first-order valence-electron chi connectivity index (χ1n) is 6.62. The molecule has 6 nitrogen and oxygen atoms in total. The maximum Gasteiger partial charge on any atom is 0.288 e. The Morgan fingerprint density at radius 1 is 1.19 bits per heavy atom. The number of hydrogen-bond acceptors (Lipinski definition) is 4. The van der Waals surface area contributed by atoms with Crippen molar-refractivity contribution < 1.29 is 9.66 Å². The van der Waals surface area contributed by atoms with Crippen molar-refractivity contribution in [2.75, 3.05) is 6.61 Å². The van der Waals surface area contributed by atoms with Gasteiger partial charge < -0.3 is 9.30 Å². The van der Waals surface area contributed by atoms with Gasteiger partial charge in [-0.2, -0.15) is 0 Å². The molecular formula is C15H16N2O4. The molecule has 0 aliphatic heterocycles. The number of aromatic nitrogens is 1. The normalized spacial score (nSPS) is 10.3. The van der Waals surface area contributed by atoms with E-state index in [-0.39, 0.29) is 11.2 Å². The molecule has 0 radical (unpaired) electrons. The summed E-state index contributed by atoms with van der Waals surface area (Å²) in [6, 6.07) is 11.8. The molecule has 21 heavy (non-hydrogen) atoms. The van der Waals surface area contributed by atoms with E-state index < -0.39 is 4.92 Å². The molecule has 0 N–H and O–H groups in total. The highest BCUT2D eigenvalue weighted by molar-refractivity contribution is 5.34. The van der Waals surface area contributed by atoms with Crippen molar-refractivity contribution in [1.29, 1.82) is 0 Å². The molecule has 1 aromatic carbocycles. The van der Waals surface area contributed by atoms with Gasteiger partial charge in [-0.1, -0.05) is 18.2 Å². The number of para-hydroxylation sites is 1. The summed E-state index contributed by atoms with van der Waals surface area (Å²) in [6.07, 6.45) is 0.594. The predicted octanol–water partition coefficient (Wildman–Crippen LogP) is 2.53. The van der Waals surface area contributed by atoms with E-state index in [0.717, 1.165) is 5.75 Å². The molecule has 0 atom stereocenters. The molecular weight excluding hydrogens is 272 g/mol. The molecule has 1 aromatic heterocycles. The van der Waals surface area contributed by atoms with Gasteiger partial charge in [0.25, 0.3) is 11.2 Å². The number of pyridine rings is 1. The summed E-state index contributed by atoms with van der Waals surface area (Å²) in [6.45, 7) is 2.41. The Labute approximate surface area is 121 Å².